The molecular formula is C15H28FNO5. The Morgan fingerprint density at radius 3 is 2.23 bits per heavy atom. The van der Waals surface area contributed by atoms with Crippen LogP contribution in [0.5, 0.6) is 0 Å². The van der Waals surface area contributed by atoms with Crippen molar-refractivity contribution < 1.29 is 28.2 Å². The van der Waals surface area contributed by atoms with Gasteiger partial charge in [-0.2, -0.15) is 0 Å². The molecule has 7 heteroatoms. The van der Waals surface area contributed by atoms with Gasteiger partial charge in [-0.15, -0.1) is 0 Å². The van der Waals surface area contributed by atoms with E-state index in [0.717, 1.165) is 0 Å². The van der Waals surface area contributed by atoms with Crippen molar-refractivity contribution in [2.75, 3.05) is 46.2 Å². The molecule has 1 atom stereocenters. The Labute approximate surface area is 131 Å². The van der Waals surface area contributed by atoms with Gasteiger partial charge in [-0.1, -0.05) is 20.8 Å². The quantitative estimate of drug-likeness (QED) is 0.485. The van der Waals surface area contributed by atoms with Gasteiger partial charge in [0.05, 0.1) is 39.6 Å². The Morgan fingerprint density at radius 1 is 1.05 bits per heavy atom. The van der Waals surface area contributed by atoms with Crippen molar-refractivity contribution in [2.24, 2.45) is 5.92 Å². The third kappa shape index (κ3) is 12.7. The lowest BCUT2D eigenvalue weighted by Gasteiger charge is -2.10. The molecule has 0 radical (unpaired) electrons. The van der Waals surface area contributed by atoms with Gasteiger partial charge in [0.25, 0.3) is 0 Å². The molecule has 1 amide bonds. The van der Waals surface area contributed by atoms with E-state index >= 15 is 0 Å². The first-order valence-electron chi connectivity index (χ1n) is 7.64. The molecule has 0 aromatic carbocycles. The predicted molar refractivity (Wildman–Crippen MR) is 80.5 cm³/mol. The Kier molecular flexibility index (Phi) is 13.0. The minimum absolute atomic E-state index is 0.0231. The molecule has 130 valence electrons. The maximum atomic E-state index is 13.3. The van der Waals surface area contributed by atoms with E-state index < -0.39 is 6.17 Å². The number of Topliss-reactive ketones (excluding diaryl/α,β-unsaturated/α-hetero) is 1. The molecule has 0 fully saturated rings. The fourth-order valence-electron chi connectivity index (χ4n) is 1.30. The van der Waals surface area contributed by atoms with Crippen LogP contribution >= 0.6 is 0 Å². The molecule has 1 unspecified atom stereocenters. The average molecular weight is 321 g/mol. The Hall–Kier alpha value is -1.05. The lowest BCUT2D eigenvalue weighted by Crippen LogP contribution is -2.32. The van der Waals surface area contributed by atoms with E-state index in [0.29, 0.717) is 26.2 Å². The number of halogens is 1. The van der Waals surface area contributed by atoms with Crippen LogP contribution < -0.4 is 5.32 Å². The van der Waals surface area contributed by atoms with Gasteiger partial charge in [0.2, 0.25) is 5.91 Å². The van der Waals surface area contributed by atoms with E-state index in [1.54, 1.807) is 6.92 Å². The first kappa shape index (κ1) is 20.9. The number of hydrogen-bond donors (Lipinski definition) is 1. The molecule has 0 rings (SSSR count). The van der Waals surface area contributed by atoms with Crippen molar-refractivity contribution in [1.82, 2.24) is 5.32 Å². The van der Waals surface area contributed by atoms with Crippen molar-refractivity contribution in [3.05, 3.63) is 0 Å². The highest BCUT2D eigenvalue weighted by molar-refractivity contribution is 5.81. The second-order valence-electron chi connectivity index (χ2n) is 5.12. The fourth-order valence-corrected chi connectivity index (χ4v) is 1.30. The number of ketones is 1. The summed E-state index contributed by atoms with van der Waals surface area (Å²) in [5.41, 5.74) is 0. The summed E-state index contributed by atoms with van der Waals surface area (Å²) in [7, 11) is 0. The van der Waals surface area contributed by atoms with Crippen molar-refractivity contribution >= 4 is 11.7 Å². The molecule has 0 aliphatic rings. The van der Waals surface area contributed by atoms with E-state index in [1.807, 2.05) is 13.8 Å². The van der Waals surface area contributed by atoms with Gasteiger partial charge >= 0.3 is 0 Å². The number of carbonyl (C=O) groups is 2. The molecule has 0 aromatic rings. The number of alkyl halides is 1. The topological polar surface area (TPSA) is 73.9 Å². The first-order chi connectivity index (χ1) is 10.5. The molecule has 0 saturated carbocycles. The molecule has 0 aliphatic heterocycles. The number of hydrogen-bond acceptors (Lipinski definition) is 5. The first-order valence-corrected chi connectivity index (χ1v) is 7.64. The molecule has 1 N–H and O–H groups in total. The Morgan fingerprint density at radius 2 is 1.64 bits per heavy atom. The minimum Gasteiger partial charge on any atom is -0.377 e. The lowest BCUT2D eigenvalue weighted by atomic mass is 10.1. The van der Waals surface area contributed by atoms with Crippen LogP contribution in [0.25, 0.3) is 0 Å². The van der Waals surface area contributed by atoms with E-state index in [2.05, 4.69) is 5.32 Å². The summed E-state index contributed by atoms with van der Waals surface area (Å²) in [6.07, 6.45) is -0.882. The summed E-state index contributed by atoms with van der Waals surface area (Å²) in [5, 5.41) is 2.46. The SMILES string of the molecule is CCC(=O)NCC(F)COCCOCCOCC(=O)C(C)C. The number of amides is 1. The van der Waals surface area contributed by atoms with E-state index in [-0.39, 0.29) is 44.0 Å². The number of ether oxygens (including phenoxy) is 3. The summed E-state index contributed by atoms with van der Waals surface area (Å²) in [4.78, 5) is 22.2. The summed E-state index contributed by atoms with van der Waals surface area (Å²) in [6, 6.07) is 0. The fraction of sp³-hybridized carbons (Fsp3) is 0.867. The third-order valence-electron chi connectivity index (χ3n) is 2.77. The maximum Gasteiger partial charge on any atom is 0.219 e. The number of nitrogens with one attached hydrogen (secondary N) is 1. The van der Waals surface area contributed by atoms with Crippen LogP contribution in [0.15, 0.2) is 0 Å². The van der Waals surface area contributed by atoms with Gasteiger partial charge in [-0.25, -0.2) is 4.39 Å². The van der Waals surface area contributed by atoms with Gasteiger partial charge in [-0.3, -0.25) is 9.59 Å². The van der Waals surface area contributed by atoms with Crippen molar-refractivity contribution in [2.45, 2.75) is 33.4 Å². The zero-order valence-corrected chi connectivity index (χ0v) is 13.7. The van der Waals surface area contributed by atoms with Crippen molar-refractivity contribution in [1.29, 1.82) is 0 Å². The smallest absolute Gasteiger partial charge is 0.219 e. The summed E-state index contributed by atoms with van der Waals surface area (Å²) in [5.74, 6) is -0.139. The van der Waals surface area contributed by atoms with E-state index in [9.17, 15) is 14.0 Å². The highest BCUT2D eigenvalue weighted by atomic mass is 19.1. The average Bonchev–Trinajstić information content (AvgIpc) is 2.50. The molecule has 0 heterocycles. The monoisotopic (exact) mass is 321 g/mol. The maximum absolute atomic E-state index is 13.3. The number of rotatable bonds is 14. The van der Waals surface area contributed by atoms with Crippen molar-refractivity contribution in [3.63, 3.8) is 0 Å². The molecule has 6 nitrogen and oxygen atoms in total. The summed E-state index contributed by atoms with van der Waals surface area (Å²) >= 11 is 0. The largest absolute Gasteiger partial charge is 0.377 e. The second-order valence-corrected chi connectivity index (χ2v) is 5.12. The van der Waals surface area contributed by atoms with Crippen LogP contribution in [0.4, 0.5) is 4.39 Å². The van der Waals surface area contributed by atoms with Gasteiger partial charge in [0.1, 0.15) is 12.8 Å². The summed E-state index contributed by atoms with van der Waals surface area (Å²) < 4.78 is 28.7. The Bertz CT molecular complexity index is 312. The molecule has 0 spiro atoms. The zero-order chi connectivity index (χ0) is 16.8. The third-order valence-corrected chi connectivity index (χ3v) is 2.77. The standard InChI is InChI=1S/C15H28FNO5/c1-4-15(19)17-9-13(16)10-21-7-5-20-6-8-22-11-14(18)12(2)3/h12-13H,4-11H2,1-3H3,(H,17,19). The van der Waals surface area contributed by atoms with Crippen LogP contribution in [-0.4, -0.2) is 64.0 Å². The highest BCUT2D eigenvalue weighted by Crippen LogP contribution is 1.94. The van der Waals surface area contributed by atoms with Crippen molar-refractivity contribution in [3.8, 4) is 0 Å². The number of carbonyl (C=O) groups excluding carboxylic acids is 2. The van der Waals surface area contributed by atoms with Gasteiger partial charge in [0.15, 0.2) is 5.78 Å². The molecule has 22 heavy (non-hydrogen) atoms. The van der Waals surface area contributed by atoms with Crippen LogP contribution in [0.3, 0.4) is 0 Å². The van der Waals surface area contributed by atoms with E-state index in [1.165, 1.54) is 0 Å². The van der Waals surface area contributed by atoms with Gasteiger partial charge in [-0.05, 0) is 0 Å². The van der Waals surface area contributed by atoms with Crippen LogP contribution in [-0.2, 0) is 23.8 Å². The molecule has 0 aromatic heterocycles. The van der Waals surface area contributed by atoms with Crippen LogP contribution in [0, 0.1) is 5.92 Å². The predicted octanol–water partition coefficient (Wildman–Crippen LogP) is 1.13. The molecule has 0 saturated heterocycles. The van der Waals surface area contributed by atoms with E-state index in [4.69, 9.17) is 14.2 Å². The molecule has 0 aliphatic carbocycles. The zero-order valence-electron chi connectivity index (χ0n) is 13.7. The Balaban J connectivity index is 3.29. The van der Waals surface area contributed by atoms with Crippen LogP contribution in [0.2, 0.25) is 0 Å². The summed E-state index contributed by atoms with van der Waals surface area (Å²) in [6.45, 7) is 6.65. The highest BCUT2D eigenvalue weighted by Gasteiger charge is 2.08. The molecular weight excluding hydrogens is 293 g/mol. The minimum atomic E-state index is -1.22. The second kappa shape index (κ2) is 13.6. The molecule has 0 bridgehead atoms. The van der Waals surface area contributed by atoms with Gasteiger partial charge in [0, 0.05) is 12.3 Å². The normalized spacial score (nSPS) is 12.4. The van der Waals surface area contributed by atoms with Gasteiger partial charge < -0.3 is 19.5 Å². The van der Waals surface area contributed by atoms with Crippen LogP contribution in [0.1, 0.15) is 27.2 Å². The lowest BCUT2D eigenvalue weighted by molar-refractivity contribution is -0.127.